The monoisotopic (exact) mass is 382 g/mol. The van der Waals surface area contributed by atoms with Gasteiger partial charge in [0, 0.05) is 12.6 Å². The van der Waals surface area contributed by atoms with Gasteiger partial charge in [0.1, 0.15) is 11.4 Å². The van der Waals surface area contributed by atoms with E-state index in [2.05, 4.69) is 15.5 Å². The second kappa shape index (κ2) is 7.63. The Bertz CT molecular complexity index is 1050. The highest BCUT2D eigenvalue weighted by molar-refractivity contribution is 5.94. The quantitative estimate of drug-likeness (QED) is 0.520. The second-order valence-corrected chi connectivity index (χ2v) is 6.72. The van der Waals surface area contributed by atoms with Crippen LogP contribution in [0.2, 0.25) is 0 Å². The zero-order chi connectivity index (χ0) is 20.4. The van der Waals surface area contributed by atoms with Crippen molar-refractivity contribution in [2.75, 3.05) is 0 Å². The summed E-state index contributed by atoms with van der Waals surface area (Å²) in [7, 11) is 1.84. The van der Waals surface area contributed by atoms with Crippen molar-refractivity contribution in [1.82, 2.24) is 24.9 Å². The van der Waals surface area contributed by atoms with Crippen LogP contribution in [0.5, 0.6) is 0 Å². The van der Waals surface area contributed by atoms with E-state index in [0.717, 1.165) is 17.0 Å². The van der Waals surface area contributed by atoms with Gasteiger partial charge in [-0.3, -0.25) is 24.3 Å². The number of nitrogens with zero attached hydrogens (tertiary/aromatic N) is 5. The number of rotatable bonds is 6. The highest BCUT2D eigenvalue weighted by atomic mass is 16.6. The Morgan fingerprint density at radius 3 is 2.57 bits per heavy atom. The van der Waals surface area contributed by atoms with Crippen LogP contribution in [0.4, 0.5) is 5.69 Å². The summed E-state index contributed by atoms with van der Waals surface area (Å²) >= 11 is 0. The molecule has 9 nitrogen and oxygen atoms in total. The minimum Gasteiger partial charge on any atom is -0.346 e. The Morgan fingerprint density at radius 1 is 1.21 bits per heavy atom. The summed E-state index contributed by atoms with van der Waals surface area (Å²) in [6.07, 6.45) is 0. The summed E-state index contributed by atoms with van der Waals surface area (Å²) in [5, 5.41) is 22.6. The molecule has 1 N–H and O–H groups in total. The molecular formula is C19H22N6O3. The van der Waals surface area contributed by atoms with Crippen LogP contribution in [0.3, 0.4) is 0 Å². The molecule has 0 spiro atoms. The third kappa shape index (κ3) is 3.93. The molecule has 1 aromatic carbocycles. The van der Waals surface area contributed by atoms with Crippen molar-refractivity contribution in [2.24, 2.45) is 7.05 Å². The average Bonchev–Trinajstić information content (AvgIpc) is 3.10. The molecular weight excluding hydrogens is 360 g/mol. The molecule has 0 atom stereocenters. The predicted octanol–water partition coefficient (Wildman–Crippen LogP) is 2.43. The first-order valence-electron chi connectivity index (χ1n) is 8.81. The fraction of sp³-hybridized carbons (Fsp3) is 0.316. The summed E-state index contributed by atoms with van der Waals surface area (Å²) in [5.41, 5.74) is 4.06. The zero-order valence-electron chi connectivity index (χ0n) is 16.3. The average molecular weight is 382 g/mol. The standard InChI is InChI=1S/C19H22N6O3/c1-12-8-17(23(4)21-12)10-20-19(26)16-7-5-6-15(9-16)11-24-14(3)18(25(27)28)13(2)22-24/h5-9H,10-11H2,1-4H3,(H,20,26). The topological polar surface area (TPSA) is 108 Å². The van der Waals surface area contributed by atoms with E-state index in [1.54, 1.807) is 41.4 Å². The fourth-order valence-corrected chi connectivity index (χ4v) is 3.19. The van der Waals surface area contributed by atoms with Crippen LogP contribution >= 0.6 is 0 Å². The van der Waals surface area contributed by atoms with Gasteiger partial charge >= 0.3 is 5.69 Å². The van der Waals surface area contributed by atoms with Crippen molar-refractivity contribution >= 4 is 11.6 Å². The molecule has 0 aliphatic rings. The molecule has 28 heavy (non-hydrogen) atoms. The van der Waals surface area contributed by atoms with Gasteiger partial charge in [-0.2, -0.15) is 10.2 Å². The van der Waals surface area contributed by atoms with Crippen LogP contribution in [0.15, 0.2) is 30.3 Å². The Hall–Kier alpha value is -3.49. The van der Waals surface area contributed by atoms with Gasteiger partial charge < -0.3 is 5.32 Å². The summed E-state index contributed by atoms with van der Waals surface area (Å²) < 4.78 is 3.32. The zero-order valence-corrected chi connectivity index (χ0v) is 16.3. The van der Waals surface area contributed by atoms with E-state index in [9.17, 15) is 14.9 Å². The SMILES string of the molecule is Cc1cc(CNC(=O)c2cccc(Cn3nc(C)c([N+](=O)[O-])c3C)c2)n(C)n1. The third-order valence-corrected chi connectivity index (χ3v) is 4.58. The van der Waals surface area contributed by atoms with Gasteiger partial charge in [0.15, 0.2) is 0 Å². The molecule has 1 amide bonds. The molecule has 0 aliphatic heterocycles. The Balaban J connectivity index is 1.73. The Kier molecular flexibility index (Phi) is 5.25. The minimum absolute atomic E-state index is 0.0281. The maximum absolute atomic E-state index is 12.5. The third-order valence-electron chi connectivity index (χ3n) is 4.58. The lowest BCUT2D eigenvalue weighted by atomic mass is 10.1. The Morgan fingerprint density at radius 2 is 1.96 bits per heavy atom. The van der Waals surface area contributed by atoms with Gasteiger partial charge in [0.25, 0.3) is 5.91 Å². The minimum atomic E-state index is -0.418. The van der Waals surface area contributed by atoms with Crippen molar-refractivity contribution in [2.45, 2.75) is 33.9 Å². The molecule has 0 saturated heterocycles. The number of benzene rings is 1. The number of hydrogen-bond acceptors (Lipinski definition) is 5. The summed E-state index contributed by atoms with van der Waals surface area (Å²) in [4.78, 5) is 23.2. The van der Waals surface area contributed by atoms with E-state index in [-0.39, 0.29) is 11.6 Å². The van der Waals surface area contributed by atoms with E-state index in [0.29, 0.717) is 30.0 Å². The van der Waals surface area contributed by atoms with Crippen molar-refractivity contribution in [3.63, 3.8) is 0 Å². The highest BCUT2D eigenvalue weighted by Gasteiger charge is 2.21. The van der Waals surface area contributed by atoms with Crippen LogP contribution < -0.4 is 5.32 Å². The van der Waals surface area contributed by atoms with Gasteiger partial charge in [-0.05, 0) is 44.5 Å². The number of nitro groups is 1. The summed E-state index contributed by atoms with van der Waals surface area (Å²) in [6, 6.07) is 9.08. The number of carbonyl (C=O) groups is 1. The number of aryl methyl sites for hydroxylation is 3. The molecule has 9 heteroatoms. The normalized spacial score (nSPS) is 10.9. The number of amides is 1. The molecule has 0 bridgehead atoms. The molecule has 3 rings (SSSR count). The Labute approximate surface area is 162 Å². The molecule has 0 radical (unpaired) electrons. The van der Waals surface area contributed by atoms with E-state index < -0.39 is 4.92 Å². The van der Waals surface area contributed by atoms with Crippen molar-refractivity contribution < 1.29 is 9.72 Å². The summed E-state index contributed by atoms with van der Waals surface area (Å²) in [6.45, 7) is 5.92. The van der Waals surface area contributed by atoms with Crippen molar-refractivity contribution in [1.29, 1.82) is 0 Å². The lowest BCUT2D eigenvalue weighted by Crippen LogP contribution is -2.24. The first kappa shape index (κ1) is 19.3. The predicted molar refractivity (Wildman–Crippen MR) is 103 cm³/mol. The summed E-state index contributed by atoms with van der Waals surface area (Å²) in [5.74, 6) is -0.194. The number of carbonyl (C=O) groups excluding carboxylic acids is 1. The van der Waals surface area contributed by atoms with Gasteiger partial charge in [-0.15, -0.1) is 0 Å². The van der Waals surface area contributed by atoms with E-state index >= 15 is 0 Å². The van der Waals surface area contributed by atoms with Crippen LogP contribution in [0.25, 0.3) is 0 Å². The van der Waals surface area contributed by atoms with Crippen LogP contribution in [-0.4, -0.2) is 30.4 Å². The van der Waals surface area contributed by atoms with Gasteiger partial charge in [0.2, 0.25) is 0 Å². The fourth-order valence-electron chi connectivity index (χ4n) is 3.19. The molecule has 3 aromatic rings. The van der Waals surface area contributed by atoms with Gasteiger partial charge in [-0.25, -0.2) is 0 Å². The van der Waals surface area contributed by atoms with Crippen molar-refractivity contribution in [3.8, 4) is 0 Å². The lowest BCUT2D eigenvalue weighted by Gasteiger charge is -2.08. The van der Waals surface area contributed by atoms with E-state index in [1.165, 1.54) is 0 Å². The first-order chi connectivity index (χ1) is 13.3. The molecule has 2 heterocycles. The maximum Gasteiger partial charge on any atom is 0.312 e. The molecule has 146 valence electrons. The van der Waals surface area contributed by atoms with Crippen LogP contribution in [0.1, 0.15) is 38.7 Å². The van der Waals surface area contributed by atoms with Gasteiger partial charge in [-0.1, -0.05) is 12.1 Å². The van der Waals surface area contributed by atoms with Gasteiger partial charge in [0.05, 0.1) is 29.4 Å². The number of aromatic nitrogens is 4. The van der Waals surface area contributed by atoms with Crippen LogP contribution in [0, 0.1) is 30.9 Å². The molecule has 0 aliphatic carbocycles. The smallest absolute Gasteiger partial charge is 0.312 e. The maximum atomic E-state index is 12.5. The molecule has 0 fully saturated rings. The highest BCUT2D eigenvalue weighted by Crippen LogP contribution is 2.22. The lowest BCUT2D eigenvalue weighted by molar-refractivity contribution is -0.386. The molecule has 2 aromatic heterocycles. The number of nitrogens with one attached hydrogen (secondary N) is 1. The molecule has 0 saturated carbocycles. The van der Waals surface area contributed by atoms with Crippen molar-refractivity contribution in [3.05, 3.63) is 74.3 Å². The van der Waals surface area contributed by atoms with E-state index in [4.69, 9.17) is 0 Å². The second-order valence-electron chi connectivity index (χ2n) is 6.72. The largest absolute Gasteiger partial charge is 0.346 e. The first-order valence-corrected chi connectivity index (χ1v) is 8.81. The van der Waals surface area contributed by atoms with E-state index in [1.807, 2.05) is 26.1 Å². The molecule has 0 unspecified atom stereocenters. The van der Waals surface area contributed by atoms with Crippen LogP contribution in [-0.2, 0) is 20.1 Å². The number of hydrogen-bond donors (Lipinski definition) is 1.